The number of nitriles is 1. The fourth-order valence-electron chi connectivity index (χ4n) is 3.27. The molecule has 0 fully saturated rings. The molecule has 0 radical (unpaired) electrons. The first kappa shape index (κ1) is 22.2. The molecule has 1 heterocycles. The number of hydrogen-bond acceptors (Lipinski definition) is 5. The number of nitrogens with zero attached hydrogens (tertiary/aromatic N) is 2. The zero-order valence-electron chi connectivity index (χ0n) is 17.4. The zero-order chi connectivity index (χ0) is 22.2. The van der Waals surface area contributed by atoms with Gasteiger partial charge in [-0.1, -0.05) is 78.9 Å². The SMILES string of the molecule is N#Cc1c(-c2ccccc2)cc(-c2ccccc2)nc1SCC(O)CSc1ccccc1. The number of thioether (sulfide) groups is 2. The molecule has 4 aromatic rings. The van der Waals surface area contributed by atoms with Crippen LogP contribution in [0.15, 0.2) is 107 Å². The van der Waals surface area contributed by atoms with Gasteiger partial charge in [0.25, 0.3) is 0 Å². The summed E-state index contributed by atoms with van der Waals surface area (Å²) in [4.78, 5) is 5.94. The molecule has 3 nitrogen and oxygen atoms in total. The number of aliphatic hydroxyl groups is 1. The van der Waals surface area contributed by atoms with Crippen molar-refractivity contribution in [2.75, 3.05) is 11.5 Å². The summed E-state index contributed by atoms with van der Waals surface area (Å²) in [6.07, 6.45) is -0.515. The third kappa shape index (κ3) is 5.60. The van der Waals surface area contributed by atoms with Crippen LogP contribution in [0.5, 0.6) is 0 Å². The standard InChI is InChI=1S/C27H22N2OS2/c28-17-25-24(20-10-4-1-5-11-20)16-26(21-12-6-2-7-13-21)29-27(25)32-19-22(30)18-31-23-14-8-3-9-15-23/h1-16,22,30H,18-19H2. The average molecular weight is 455 g/mol. The van der Waals surface area contributed by atoms with Crippen LogP contribution in [-0.2, 0) is 0 Å². The van der Waals surface area contributed by atoms with Crippen molar-refractivity contribution in [3.8, 4) is 28.5 Å². The highest BCUT2D eigenvalue weighted by Gasteiger charge is 2.17. The predicted octanol–water partition coefficient (Wildman–Crippen LogP) is 6.53. The van der Waals surface area contributed by atoms with E-state index in [4.69, 9.17) is 4.98 Å². The minimum Gasteiger partial charge on any atom is -0.391 e. The summed E-state index contributed by atoms with van der Waals surface area (Å²) in [6, 6.07) is 34.3. The van der Waals surface area contributed by atoms with Crippen molar-refractivity contribution in [2.24, 2.45) is 0 Å². The van der Waals surface area contributed by atoms with E-state index in [1.807, 2.05) is 97.1 Å². The molecule has 0 bridgehead atoms. The average Bonchev–Trinajstić information content (AvgIpc) is 2.87. The van der Waals surface area contributed by atoms with Crippen molar-refractivity contribution in [1.29, 1.82) is 5.26 Å². The van der Waals surface area contributed by atoms with Crippen molar-refractivity contribution in [2.45, 2.75) is 16.0 Å². The number of aromatic nitrogens is 1. The van der Waals surface area contributed by atoms with E-state index in [0.29, 0.717) is 22.1 Å². The lowest BCUT2D eigenvalue weighted by Crippen LogP contribution is -2.13. The Morgan fingerprint density at radius 2 is 1.34 bits per heavy atom. The number of rotatable bonds is 8. The quantitative estimate of drug-likeness (QED) is 0.307. The normalized spacial score (nSPS) is 11.6. The van der Waals surface area contributed by atoms with E-state index in [0.717, 1.165) is 27.3 Å². The van der Waals surface area contributed by atoms with E-state index in [-0.39, 0.29) is 0 Å². The summed E-state index contributed by atoms with van der Waals surface area (Å²) in [5, 5.41) is 21.2. The van der Waals surface area contributed by atoms with Crippen molar-refractivity contribution in [1.82, 2.24) is 4.98 Å². The molecule has 158 valence electrons. The number of aliphatic hydroxyl groups excluding tert-OH is 1. The Hall–Kier alpha value is -3.04. The number of benzene rings is 3. The number of hydrogen-bond donors (Lipinski definition) is 1. The molecule has 3 aromatic carbocycles. The first-order valence-electron chi connectivity index (χ1n) is 10.3. The molecule has 1 aromatic heterocycles. The van der Waals surface area contributed by atoms with E-state index >= 15 is 0 Å². The van der Waals surface area contributed by atoms with Gasteiger partial charge in [-0.15, -0.1) is 23.5 Å². The van der Waals surface area contributed by atoms with Gasteiger partial charge in [0.15, 0.2) is 0 Å². The van der Waals surface area contributed by atoms with Crippen LogP contribution in [0.2, 0.25) is 0 Å². The molecule has 0 aliphatic heterocycles. The van der Waals surface area contributed by atoms with E-state index in [2.05, 4.69) is 6.07 Å². The molecule has 5 heteroatoms. The Morgan fingerprint density at radius 3 is 1.97 bits per heavy atom. The molecule has 0 saturated carbocycles. The number of pyridine rings is 1. The Labute approximate surface area is 197 Å². The van der Waals surface area contributed by atoms with E-state index in [1.54, 1.807) is 11.8 Å². The zero-order valence-corrected chi connectivity index (χ0v) is 19.0. The Bertz CT molecular complexity index is 1190. The summed E-state index contributed by atoms with van der Waals surface area (Å²) < 4.78 is 0. The van der Waals surface area contributed by atoms with Gasteiger partial charge in [0.2, 0.25) is 0 Å². The molecular weight excluding hydrogens is 432 g/mol. The minimum atomic E-state index is -0.515. The second-order valence-corrected chi connectivity index (χ2v) is 9.27. The first-order valence-corrected chi connectivity index (χ1v) is 12.3. The van der Waals surface area contributed by atoms with Crippen LogP contribution < -0.4 is 0 Å². The fraction of sp³-hybridized carbons (Fsp3) is 0.111. The van der Waals surface area contributed by atoms with Gasteiger partial charge < -0.3 is 5.11 Å². The molecule has 4 rings (SSSR count). The highest BCUT2D eigenvalue weighted by molar-refractivity contribution is 8.00. The Kier molecular flexibility index (Phi) is 7.63. The molecule has 32 heavy (non-hydrogen) atoms. The smallest absolute Gasteiger partial charge is 0.115 e. The molecule has 0 aliphatic rings. The largest absolute Gasteiger partial charge is 0.391 e. The summed E-state index contributed by atoms with van der Waals surface area (Å²) in [5.74, 6) is 1.05. The third-order valence-corrected chi connectivity index (χ3v) is 7.13. The van der Waals surface area contributed by atoms with Gasteiger partial charge in [-0.05, 0) is 23.8 Å². The van der Waals surface area contributed by atoms with Crippen LogP contribution in [-0.4, -0.2) is 27.7 Å². The van der Waals surface area contributed by atoms with Gasteiger partial charge in [-0.2, -0.15) is 5.26 Å². The second kappa shape index (κ2) is 11.0. The van der Waals surface area contributed by atoms with E-state index in [1.165, 1.54) is 11.8 Å². The monoisotopic (exact) mass is 454 g/mol. The van der Waals surface area contributed by atoms with E-state index in [9.17, 15) is 10.4 Å². The third-order valence-electron chi connectivity index (χ3n) is 4.85. The van der Waals surface area contributed by atoms with Crippen LogP contribution in [0, 0.1) is 11.3 Å². The molecule has 1 unspecified atom stereocenters. The molecule has 1 N–H and O–H groups in total. The molecule has 1 atom stereocenters. The Balaban J connectivity index is 1.60. The molecule has 0 aliphatic carbocycles. The molecular formula is C27H22N2OS2. The van der Waals surface area contributed by atoms with Gasteiger partial charge in [0.1, 0.15) is 11.1 Å². The summed E-state index contributed by atoms with van der Waals surface area (Å²) in [5.41, 5.74) is 4.20. The van der Waals surface area contributed by atoms with Crippen molar-refractivity contribution in [3.05, 3.63) is 103 Å². The van der Waals surface area contributed by atoms with Crippen LogP contribution in [0.1, 0.15) is 5.56 Å². The van der Waals surface area contributed by atoms with Gasteiger partial charge in [-0.25, -0.2) is 4.98 Å². The van der Waals surface area contributed by atoms with Crippen LogP contribution in [0.25, 0.3) is 22.4 Å². The van der Waals surface area contributed by atoms with Crippen molar-refractivity contribution >= 4 is 23.5 Å². The molecule has 0 amide bonds. The summed E-state index contributed by atoms with van der Waals surface area (Å²) in [7, 11) is 0. The maximum absolute atomic E-state index is 10.6. The first-order chi connectivity index (χ1) is 15.7. The van der Waals surface area contributed by atoms with Crippen LogP contribution >= 0.6 is 23.5 Å². The topological polar surface area (TPSA) is 56.9 Å². The summed E-state index contributed by atoms with van der Waals surface area (Å²) in [6.45, 7) is 0. The van der Waals surface area contributed by atoms with Gasteiger partial charge in [0.05, 0.1) is 17.4 Å². The van der Waals surface area contributed by atoms with E-state index < -0.39 is 6.10 Å². The highest BCUT2D eigenvalue weighted by Crippen LogP contribution is 2.34. The van der Waals surface area contributed by atoms with Crippen LogP contribution in [0.3, 0.4) is 0 Å². The lowest BCUT2D eigenvalue weighted by atomic mass is 9.99. The van der Waals surface area contributed by atoms with Gasteiger partial charge >= 0.3 is 0 Å². The lowest BCUT2D eigenvalue weighted by Gasteiger charge is -2.14. The van der Waals surface area contributed by atoms with Crippen LogP contribution in [0.4, 0.5) is 0 Å². The highest BCUT2D eigenvalue weighted by atomic mass is 32.2. The molecule has 0 spiro atoms. The predicted molar refractivity (Wildman–Crippen MR) is 134 cm³/mol. The van der Waals surface area contributed by atoms with Gasteiger partial charge in [-0.3, -0.25) is 0 Å². The summed E-state index contributed by atoms with van der Waals surface area (Å²) >= 11 is 3.06. The Morgan fingerprint density at radius 1 is 0.781 bits per heavy atom. The van der Waals surface area contributed by atoms with Crippen molar-refractivity contribution < 1.29 is 5.11 Å². The van der Waals surface area contributed by atoms with Crippen molar-refractivity contribution in [3.63, 3.8) is 0 Å². The maximum Gasteiger partial charge on any atom is 0.115 e. The molecule has 0 saturated heterocycles. The maximum atomic E-state index is 10.6. The van der Waals surface area contributed by atoms with Gasteiger partial charge in [0, 0.05) is 27.5 Å². The minimum absolute atomic E-state index is 0.466. The second-order valence-electron chi connectivity index (χ2n) is 7.17. The fourth-order valence-corrected chi connectivity index (χ4v) is 5.20. The lowest BCUT2D eigenvalue weighted by molar-refractivity contribution is 0.225.